The zero-order valence-corrected chi connectivity index (χ0v) is 10.2. The van der Waals surface area contributed by atoms with Crippen LogP contribution in [0.2, 0.25) is 0 Å². The highest BCUT2D eigenvalue weighted by Gasteiger charge is 2.33. The fourth-order valence-electron chi connectivity index (χ4n) is 2.28. The van der Waals surface area contributed by atoms with Crippen LogP contribution in [-0.2, 0) is 9.59 Å². The number of rotatable bonds is 3. The number of aliphatic carboxylic acids is 1. The maximum Gasteiger partial charge on any atom is 0.306 e. The van der Waals surface area contributed by atoms with Crippen molar-refractivity contribution in [2.75, 3.05) is 5.32 Å². The number of nitrogens with one attached hydrogen (secondary N) is 1. The molecule has 1 aliphatic rings. The van der Waals surface area contributed by atoms with E-state index in [2.05, 4.69) is 10.3 Å². The Morgan fingerprint density at radius 1 is 1.33 bits per heavy atom. The molecule has 0 saturated heterocycles. The standard InChI is InChI=1S/C13H16N2O3/c1-8-3-2-4-11(14-8)15-12(16)9-5-6-10(7-9)13(17)18/h2-4,9-10H,5-7H2,1H3,(H,17,18)(H,14,15,16)/t9-,10+/m0/s1. The molecule has 2 rings (SSSR count). The molecule has 1 amide bonds. The summed E-state index contributed by atoms with van der Waals surface area (Å²) < 4.78 is 0. The van der Waals surface area contributed by atoms with Crippen LogP contribution in [0.4, 0.5) is 5.82 Å². The number of aryl methyl sites for hydroxylation is 1. The monoisotopic (exact) mass is 248 g/mol. The Bertz CT molecular complexity index is 473. The van der Waals surface area contributed by atoms with Gasteiger partial charge in [-0.15, -0.1) is 0 Å². The van der Waals surface area contributed by atoms with E-state index in [0.29, 0.717) is 25.1 Å². The molecule has 1 aromatic rings. The summed E-state index contributed by atoms with van der Waals surface area (Å²) in [6.45, 7) is 1.85. The number of pyridine rings is 1. The lowest BCUT2D eigenvalue weighted by Gasteiger charge is -2.10. The topological polar surface area (TPSA) is 79.3 Å². The van der Waals surface area contributed by atoms with Crippen molar-refractivity contribution in [2.45, 2.75) is 26.2 Å². The average molecular weight is 248 g/mol. The van der Waals surface area contributed by atoms with Gasteiger partial charge in [0.25, 0.3) is 0 Å². The predicted molar refractivity (Wildman–Crippen MR) is 66.1 cm³/mol. The molecular weight excluding hydrogens is 232 g/mol. The number of amides is 1. The fraction of sp³-hybridized carbons (Fsp3) is 0.462. The van der Waals surface area contributed by atoms with Crippen molar-refractivity contribution in [3.8, 4) is 0 Å². The lowest BCUT2D eigenvalue weighted by molar-refractivity contribution is -0.141. The van der Waals surface area contributed by atoms with E-state index < -0.39 is 5.97 Å². The van der Waals surface area contributed by atoms with Gasteiger partial charge in [-0.05, 0) is 38.3 Å². The molecule has 0 aromatic carbocycles. The van der Waals surface area contributed by atoms with Crippen molar-refractivity contribution >= 4 is 17.7 Å². The van der Waals surface area contributed by atoms with Gasteiger partial charge in [0.1, 0.15) is 5.82 Å². The first kappa shape index (κ1) is 12.5. The molecule has 1 heterocycles. The number of carboxylic acid groups (broad SMARTS) is 1. The zero-order chi connectivity index (χ0) is 13.1. The second-order valence-corrected chi connectivity index (χ2v) is 4.70. The molecule has 0 spiro atoms. The van der Waals surface area contributed by atoms with E-state index in [0.717, 1.165) is 5.69 Å². The molecule has 5 nitrogen and oxygen atoms in total. The summed E-state index contributed by atoms with van der Waals surface area (Å²) in [5, 5.41) is 11.6. The van der Waals surface area contributed by atoms with Gasteiger partial charge in [-0.1, -0.05) is 6.07 Å². The molecule has 1 fully saturated rings. The van der Waals surface area contributed by atoms with Gasteiger partial charge in [-0.2, -0.15) is 0 Å². The Labute approximate surface area is 105 Å². The van der Waals surface area contributed by atoms with Gasteiger partial charge in [-0.25, -0.2) is 4.98 Å². The summed E-state index contributed by atoms with van der Waals surface area (Å²) in [5.41, 5.74) is 0.836. The summed E-state index contributed by atoms with van der Waals surface area (Å²) >= 11 is 0. The molecule has 1 saturated carbocycles. The zero-order valence-electron chi connectivity index (χ0n) is 10.2. The highest BCUT2D eigenvalue weighted by Crippen LogP contribution is 2.31. The van der Waals surface area contributed by atoms with Gasteiger partial charge in [0.15, 0.2) is 0 Å². The summed E-state index contributed by atoms with van der Waals surface area (Å²) in [6, 6.07) is 5.41. The smallest absolute Gasteiger partial charge is 0.306 e. The van der Waals surface area contributed by atoms with Crippen LogP contribution in [0.25, 0.3) is 0 Å². The quantitative estimate of drug-likeness (QED) is 0.855. The predicted octanol–water partition coefficient (Wildman–Crippen LogP) is 1.83. The van der Waals surface area contributed by atoms with Gasteiger partial charge in [0.05, 0.1) is 5.92 Å². The van der Waals surface area contributed by atoms with Crippen molar-refractivity contribution in [1.29, 1.82) is 0 Å². The number of carbonyl (C=O) groups excluding carboxylic acids is 1. The minimum Gasteiger partial charge on any atom is -0.481 e. The van der Waals surface area contributed by atoms with E-state index in [1.54, 1.807) is 6.07 Å². The SMILES string of the molecule is Cc1cccc(NC(=O)[C@H]2CC[C@@H](C(=O)O)C2)n1. The molecule has 18 heavy (non-hydrogen) atoms. The van der Waals surface area contributed by atoms with Crippen molar-refractivity contribution < 1.29 is 14.7 Å². The first-order chi connectivity index (χ1) is 8.56. The van der Waals surface area contributed by atoms with Crippen LogP contribution >= 0.6 is 0 Å². The molecule has 0 aliphatic heterocycles. The van der Waals surface area contributed by atoms with Crippen molar-refractivity contribution in [3.63, 3.8) is 0 Å². The number of aromatic nitrogens is 1. The lowest BCUT2D eigenvalue weighted by atomic mass is 10.0. The number of anilines is 1. The van der Waals surface area contributed by atoms with Gasteiger partial charge in [0, 0.05) is 11.6 Å². The van der Waals surface area contributed by atoms with E-state index in [4.69, 9.17) is 5.11 Å². The van der Waals surface area contributed by atoms with Gasteiger partial charge < -0.3 is 10.4 Å². The van der Waals surface area contributed by atoms with E-state index in [1.807, 2.05) is 19.1 Å². The first-order valence-electron chi connectivity index (χ1n) is 6.03. The number of hydrogen-bond donors (Lipinski definition) is 2. The minimum atomic E-state index is -0.806. The summed E-state index contributed by atoms with van der Waals surface area (Å²) in [7, 11) is 0. The maximum absolute atomic E-state index is 12.0. The van der Waals surface area contributed by atoms with Crippen LogP contribution < -0.4 is 5.32 Å². The van der Waals surface area contributed by atoms with Crippen LogP contribution in [0, 0.1) is 18.8 Å². The third-order valence-electron chi connectivity index (χ3n) is 3.29. The Morgan fingerprint density at radius 2 is 2.06 bits per heavy atom. The van der Waals surface area contributed by atoms with Crippen molar-refractivity contribution in [3.05, 3.63) is 23.9 Å². The lowest BCUT2D eigenvalue weighted by Crippen LogP contribution is -2.22. The second kappa shape index (κ2) is 5.16. The number of hydrogen-bond acceptors (Lipinski definition) is 3. The summed E-state index contributed by atoms with van der Waals surface area (Å²) in [4.78, 5) is 27.0. The maximum atomic E-state index is 12.0. The minimum absolute atomic E-state index is 0.128. The van der Waals surface area contributed by atoms with Crippen LogP contribution in [0.1, 0.15) is 25.0 Å². The van der Waals surface area contributed by atoms with Gasteiger partial charge >= 0.3 is 5.97 Å². The molecule has 1 aromatic heterocycles. The van der Waals surface area contributed by atoms with Gasteiger partial charge in [-0.3, -0.25) is 9.59 Å². The summed E-state index contributed by atoms with van der Waals surface area (Å²) in [5.74, 6) is -1.01. The summed E-state index contributed by atoms with van der Waals surface area (Å²) in [6.07, 6.45) is 1.64. The molecule has 0 radical (unpaired) electrons. The Hall–Kier alpha value is -1.91. The number of carbonyl (C=O) groups is 2. The largest absolute Gasteiger partial charge is 0.481 e. The third-order valence-corrected chi connectivity index (χ3v) is 3.29. The third kappa shape index (κ3) is 2.85. The Kier molecular flexibility index (Phi) is 3.60. The van der Waals surface area contributed by atoms with Gasteiger partial charge in [0.2, 0.25) is 5.91 Å². The average Bonchev–Trinajstić information content (AvgIpc) is 2.78. The molecule has 5 heteroatoms. The normalized spacial score (nSPS) is 22.7. The molecule has 0 unspecified atom stereocenters. The number of nitrogens with zero attached hydrogens (tertiary/aromatic N) is 1. The highest BCUT2D eigenvalue weighted by molar-refractivity contribution is 5.92. The molecule has 2 N–H and O–H groups in total. The van der Waals surface area contributed by atoms with Crippen molar-refractivity contribution in [1.82, 2.24) is 4.98 Å². The van der Waals surface area contributed by atoms with E-state index in [-0.39, 0.29) is 17.7 Å². The van der Waals surface area contributed by atoms with Crippen LogP contribution in [-0.4, -0.2) is 22.0 Å². The molecule has 0 bridgehead atoms. The molecule has 2 atom stereocenters. The van der Waals surface area contributed by atoms with Crippen LogP contribution in [0.15, 0.2) is 18.2 Å². The molecule has 96 valence electrons. The van der Waals surface area contributed by atoms with E-state index in [9.17, 15) is 9.59 Å². The Balaban J connectivity index is 1.95. The highest BCUT2D eigenvalue weighted by atomic mass is 16.4. The van der Waals surface area contributed by atoms with Crippen LogP contribution in [0.3, 0.4) is 0 Å². The second-order valence-electron chi connectivity index (χ2n) is 4.70. The van der Waals surface area contributed by atoms with E-state index in [1.165, 1.54) is 0 Å². The van der Waals surface area contributed by atoms with Crippen LogP contribution in [0.5, 0.6) is 0 Å². The molecule has 1 aliphatic carbocycles. The Morgan fingerprint density at radius 3 is 2.67 bits per heavy atom. The molecular formula is C13H16N2O3. The van der Waals surface area contributed by atoms with Crippen molar-refractivity contribution in [2.24, 2.45) is 11.8 Å². The first-order valence-corrected chi connectivity index (χ1v) is 6.03. The fourth-order valence-corrected chi connectivity index (χ4v) is 2.28. The van der Waals surface area contributed by atoms with E-state index >= 15 is 0 Å². The number of carboxylic acids is 1.